The monoisotopic (exact) mass is 290 g/mol. The summed E-state index contributed by atoms with van der Waals surface area (Å²) in [4.78, 5) is 16.1. The Bertz CT molecular complexity index is 614. The SMILES string of the molecule is CC(C)Oc1ccccc1NC(=O)c1cnccc1Cl. The summed E-state index contributed by atoms with van der Waals surface area (Å²) in [6, 6.07) is 8.84. The Kier molecular flexibility index (Phi) is 4.58. The molecule has 0 radical (unpaired) electrons. The number of anilines is 1. The lowest BCUT2D eigenvalue weighted by Crippen LogP contribution is -2.15. The van der Waals surface area contributed by atoms with Gasteiger partial charge >= 0.3 is 0 Å². The summed E-state index contributed by atoms with van der Waals surface area (Å²) in [5.74, 6) is 0.304. The first-order valence-electron chi connectivity index (χ1n) is 6.24. The van der Waals surface area contributed by atoms with E-state index in [0.717, 1.165) is 0 Å². The van der Waals surface area contributed by atoms with Crippen molar-refractivity contribution in [3.8, 4) is 5.75 Å². The van der Waals surface area contributed by atoms with E-state index in [0.29, 0.717) is 22.0 Å². The van der Waals surface area contributed by atoms with Crippen molar-refractivity contribution in [2.45, 2.75) is 20.0 Å². The summed E-state index contributed by atoms with van der Waals surface area (Å²) in [7, 11) is 0. The molecule has 2 aromatic rings. The summed E-state index contributed by atoms with van der Waals surface area (Å²) in [5.41, 5.74) is 0.930. The van der Waals surface area contributed by atoms with Crippen molar-refractivity contribution in [2.75, 3.05) is 5.32 Å². The molecule has 0 atom stereocenters. The number of rotatable bonds is 4. The quantitative estimate of drug-likeness (QED) is 0.932. The van der Waals surface area contributed by atoms with Gasteiger partial charge in [-0.2, -0.15) is 0 Å². The Morgan fingerprint density at radius 1 is 1.30 bits per heavy atom. The molecular formula is C15H15ClN2O2. The Labute approximate surface area is 122 Å². The average molecular weight is 291 g/mol. The molecule has 104 valence electrons. The number of halogens is 1. The van der Waals surface area contributed by atoms with Crippen molar-refractivity contribution >= 4 is 23.2 Å². The van der Waals surface area contributed by atoms with Crippen LogP contribution in [0, 0.1) is 0 Å². The molecule has 1 heterocycles. The molecule has 0 unspecified atom stereocenters. The summed E-state index contributed by atoms with van der Waals surface area (Å²) in [6.45, 7) is 3.85. The van der Waals surface area contributed by atoms with Crippen LogP contribution in [0.1, 0.15) is 24.2 Å². The highest BCUT2D eigenvalue weighted by Crippen LogP contribution is 2.26. The second-order valence-corrected chi connectivity index (χ2v) is 4.88. The molecular weight excluding hydrogens is 276 g/mol. The Morgan fingerprint density at radius 2 is 2.05 bits per heavy atom. The van der Waals surface area contributed by atoms with Crippen molar-refractivity contribution in [2.24, 2.45) is 0 Å². The third-order valence-corrected chi connectivity index (χ3v) is 2.84. The van der Waals surface area contributed by atoms with E-state index in [1.807, 2.05) is 26.0 Å². The van der Waals surface area contributed by atoms with Crippen LogP contribution < -0.4 is 10.1 Å². The summed E-state index contributed by atoms with van der Waals surface area (Å²) in [5, 5.41) is 3.15. The van der Waals surface area contributed by atoms with Gasteiger partial charge in [-0.05, 0) is 32.0 Å². The van der Waals surface area contributed by atoms with Crippen LogP contribution in [0.2, 0.25) is 5.02 Å². The third-order valence-electron chi connectivity index (χ3n) is 2.51. The number of ether oxygens (including phenoxy) is 1. The van der Waals surface area contributed by atoms with E-state index in [-0.39, 0.29) is 12.0 Å². The van der Waals surface area contributed by atoms with Gasteiger partial charge in [-0.25, -0.2) is 0 Å². The molecule has 1 aromatic heterocycles. The zero-order valence-corrected chi connectivity index (χ0v) is 12.0. The Balaban J connectivity index is 2.22. The zero-order chi connectivity index (χ0) is 14.5. The van der Waals surface area contributed by atoms with Crippen molar-refractivity contribution in [1.82, 2.24) is 4.98 Å². The topological polar surface area (TPSA) is 51.2 Å². The van der Waals surface area contributed by atoms with Gasteiger partial charge in [-0.3, -0.25) is 9.78 Å². The smallest absolute Gasteiger partial charge is 0.258 e. The van der Waals surface area contributed by atoms with Crippen LogP contribution in [0.5, 0.6) is 5.75 Å². The van der Waals surface area contributed by atoms with Crippen molar-refractivity contribution < 1.29 is 9.53 Å². The molecule has 0 saturated heterocycles. The van der Waals surface area contributed by atoms with E-state index >= 15 is 0 Å². The van der Waals surface area contributed by atoms with Crippen molar-refractivity contribution in [1.29, 1.82) is 0 Å². The van der Waals surface area contributed by atoms with Gasteiger partial charge in [-0.1, -0.05) is 23.7 Å². The van der Waals surface area contributed by atoms with Gasteiger partial charge < -0.3 is 10.1 Å². The maximum absolute atomic E-state index is 12.2. The standard InChI is InChI=1S/C15H15ClN2O2/c1-10(2)20-14-6-4-3-5-13(14)18-15(19)11-9-17-8-7-12(11)16/h3-10H,1-2H3,(H,18,19). The lowest BCUT2D eigenvalue weighted by atomic mass is 10.2. The number of carbonyl (C=O) groups is 1. The maximum Gasteiger partial charge on any atom is 0.258 e. The van der Waals surface area contributed by atoms with E-state index in [9.17, 15) is 4.79 Å². The van der Waals surface area contributed by atoms with Crippen LogP contribution in [0.4, 0.5) is 5.69 Å². The van der Waals surface area contributed by atoms with Crippen LogP contribution in [0.15, 0.2) is 42.7 Å². The Hall–Kier alpha value is -2.07. The maximum atomic E-state index is 12.2. The number of hydrogen-bond donors (Lipinski definition) is 1. The zero-order valence-electron chi connectivity index (χ0n) is 11.3. The molecule has 1 N–H and O–H groups in total. The van der Waals surface area contributed by atoms with Crippen LogP contribution in [-0.4, -0.2) is 17.0 Å². The lowest BCUT2D eigenvalue weighted by molar-refractivity contribution is 0.102. The highest BCUT2D eigenvalue weighted by atomic mass is 35.5. The second-order valence-electron chi connectivity index (χ2n) is 4.47. The molecule has 0 bridgehead atoms. The minimum absolute atomic E-state index is 0.0232. The summed E-state index contributed by atoms with van der Waals surface area (Å²) >= 11 is 5.98. The number of benzene rings is 1. The first kappa shape index (κ1) is 14.3. The van der Waals surface area contributed by atoms with Crippen LogP contribution in [-0.2, 0) is 0 Å². The number of nitrogens with zero attached hydrogens (tertiary/aromatic N) is 1. The molecule has 1 amide bonds. The minimum Gasteiger partial charge on any atom is -0.489 e. The summed E-state index contributed by atoms with van der Waals surface area (Å²) in [6.07, 6.45) is 2.99. The highest BCUT2D eigenvalue weighted by Gasteiger charge is 2.13. The molecule has 20 heavy (non-hydrogen) atoms. The molecule has 5 heteroatoms. The second kappa shape index (κ2) is 6.39. The number of carbonyl (C=O) groups excluding carboxylic acids is 1. The Morgan fingerprint density at radius 3 is 2.75 bits per heavy atom. The van der Waals surface area contributed by atoms with Gasteiger partial charge in [-0.15, -0.1) is 0 Å². The molecule has 0 aliphatic carbocycles. The van der Waals surface area contributed by atoms with Gasteiger partial charge in [0.15, 0.2) is 0 Å². The molecule has 0 saturated carbocycles. The van der Waals surface area contributed by atoms with Crippen molar-refractivity contribution in [3.63, 3.8) is 0 Å². The van der Waals surface area contributed by atoms with E-state index in [2.05, 4.69) is 10.3 Å². The predicted molar refractivity (Wildman–Crippen MR) is 79.4 cm³/mol. The van der Waals surface area contributed by atoms with Gasteiger partial charge in [0.2, 0.25) is 0 Å². The number of amides is 1. The normalized spacial score (nSPS) is 10.4. The fourth-order valence-corrected chi connectivity index (χ4v) is 1.85. The predicted octanol–water partition coefficient (Wildman–Crippen LogP) is 3.77. The molecule has 2 rings (SSSR count). The molecule has 0 aliphatic rings. The first-order chi connectivity index (χ1) is 9.58. The average Bonchev–Trinajstić information content (AvgIpc) is 2.41. The number of pyridine rings is 1. The summed E-state index contributed by atoms with van der Waals surface area (Å²) < 4.78 is 5.65. The fraction of sp³-hybridized carbons (Fsp3) is 0.200. The number of nitrogens with one attached hydrogen (secondary N) is 1. The van der Waals surface area contributed by atoms with Crippen LogP contribution in [0.3, 0.4) is 0 Å². The van der Waals surface area contributed by atoms with E-state index in [4.69, 9.17) is 16.3 Å². The number of hydrogen-bond acceptors (Lipinski definition) is 3. The molecule has 0 spiro atoms. The number of aromatic nitrogens is 1. The first-order valence-corrected chi connectivity index (χ1v) is 6.62. The molecule has 1 aromatic carbocycles. The van der Waals surface area contributed by atoms with Gasteiger partial charge in [0.05, 0.1) is 22.4 Å². The van der Waals surface area contributed by atoms with E-state index < -0.39 is 0 Å². The molecule has 0 fully saturated rings. The van der Waals surface area contributed by atoms with Crippen LogP contribution >= 0.6 is 11.6 Å². The number of para-hydroxylation sites is 2. The van der Waals surface area contributed by atoms with Gasteiger partial charge in [0.25, 0.3) is 5.91 Å². The van der Waals surface area contributed by atoms with Gasteiger partial charge in [0.1, 0.15) is 5.75 Å². The third kappa shape index (κ3) is 3.48. The minimum atomic E-state index is -0.317. The molecule has 4 nitrogen and oxygen atoms in total. The molecule has 0 aliphatic heterocycles. The lowest BCUT2D eigenvalue weighted by Gasteiger charge is -2.14. The fourth-order valence-electron chi connectivity index (χ4n) is 1.66. The van der Waals surface area contributed by atoms with Crippen LogP contribution in [0.25, 0.3) is 0 Å². The van der Waals surface area contributed by atoms with Crippen molar-refractivity contribution in [3.05, 3.63) is 53.3 Å². The van der Waals surface area contributed by atoms with E-state index in [1.165, 1.54) is 12.4 Å². The highest BCUT2D eigenvalue weighted by molar-refractivity contribution is 6.34. The van der Waals surface area contributed by atoms with Gasteiger partial charge in [0, 0.05) is 12.4 Å². The van der Waals surface area contributed by atoms with E-state index in [1.54, 1.807) is 18.2 Å². The largest absolute Gasteiger partial charge is 0.489 e.